The number of likely N-dealkylation sites (N-methyl/N-ethyl adjacent to an activating group) is 1. The second-order valence-corrected chi connectivity index (χ2v) is 6.78. The van der Waals surface area contributed by atoms with Gasteiger partial charge < -0.3 is 10.2 Å². The fourth-order valence-corrected chi connectivity index (χ4v) is 4.07. The van der Waals surface area contributed by atoms with Crippen molar-refractivity contribution in [1.29, 1.82) is 0 Å². The molecule has 4 rings (SSSR count). The topological polar surface area (TPSA) is 76.2 Å². The normalized spacial score (nSPS) is 20.3. The lowest BCUT2D eigenvalue weighted by Gasteiger charge is -2.31. The Kier molecular flexibility index (Phi) is 4.17. The molecule has 7 heteroatoms. The van der Waals surface area contributed by atoms with Crippen LogP contribution in [0.3, 0.4) is 0 Å². The number of nitro groups is 1. The van der Waals surface area contributed by atoms with Gasteiger partial charge in [-0.1, -0.05) is 19.1 Å². The third-order valence-electron chi connectivity index (χ3n) is 5.33. The molecule has 0 spiro atoms. The molecule has 0 aliphatic carbocycles. The van der Waals surface area contributed by atoms with Crippen molar-refractivity contribution in [2.24, 2.45) is 0 Å². The molecule has 1 unspecified atom stereocenters. The van der Waals surface area contributed by atoms with Crippen molar-refractivity contribution in [2.75, 3.05) is 31.5 Å². The van der Waals surface area contributed by atoms with Crippen molar-refractivity contribution in [3.8, 4) is 5.69 Å². The van der Waals surface area contributed by atoms with Gasteiger partial charge in [0.2, 0.25) is 0 Å². The van der Waals surface area contributed by atoms with Gasteiger partial charge in [-0.25, -0.2) is 4.68 Å². The first-order valence-electron chi connectivity index (χ1n) is 9.00. The molecule has 25 heavy (non-hydrogen) atoms. The van der Waals surface area contributed by atoms with Crippen LogP contribution in [0.2, 0.25) is 0 Å². The van der Waals surface area contributed by atoms with Crippen LogP contribution in [-0.2, 0) is 6.42 Å². The van der Waals surface area contributed by atoms with Crippen LogP contribution < -0.4 is 5.32 Å². The molecule has 1 N–H and O–H groups in total. The van der Waals surface area contributed by atoms with E-state index in [-0.39, 0.29) is 10.6 Å². The molecule has 0 bridgehead atoms. The molecular weight excluding hydrogens is 318 g/mol. The number of para-hydroxylation sites is 2. The Balaban J connectivity index is 1.78. The Bertz CT molecular complexity index is 801. The van der Waals surface area contributed by atoms with Gasteiger partial charge in [-0.2, -0.15) is 5.10 Å². The molecule has 2 aromatic rings. The predicted molar refractivity (Wildman–Crippen MR) is 96.5 cm³/mol. The smallest absolute Gasteiger partial charge is 0.294 e. The number of piperidine rings is 1. The van der Waals surface area contributed by atoms with Crippen LogP contribution in [0.25, 0.3) is 5.69 Å². The largest absolute Gasteiger partial charge is 0.369 e. The molecule has 0 radical (unpaired) electrons. The molecular formula is C18H23N5O2. The molecule has 1 atom stereocenters. The summed E-state index contributed by atoms with van der Waals surface area (Å²) in [6.45, 7) is 6.29. The highest BCUT2D eigenvalue weighted by molar-refractivity contribution is 5.62. The molecule has 0 saturated carbocycles. The third-order valence-corrected chi connectivity index (χ3v) is 5.33. The van der Waals surface area contributed by atoms with Gasteiger partial charge in [0.15, 0.2) is 0 Å². The first kappa shape index (κ1) is 16.1. The van der Waals surface area contributed by atoms with E-state index in [1.165, 1.54) is 18.1 Å². The van der Waals surface area contributed by atoms with E-state index in [4.69, 9.17) is 5.10 Å². The van der Waals surface area contributed by atoms with E-state index in [1.54, 1.807) is 16.8 Å². The highest BCUT2D eigenvalue weighted by Gasteiger charge is 2.31. The highest BCUT2D eigenvalue weighted by Crippen LogP contribution is 2.37. The number of nitrogens with one attached hydrogen (secondary N) is 1. The number of hydrogen-bond acceptors (Lipinski definition) is 5. The lowest BCUT2D eigenvalue weighted by atomic mass is 9.92. The fraction of sp³-hybridized carbons (Fsp3) is 0.500. The average Bonchev–Trinajstić information content (AvgIpc) is 3.24. The zero-order chi connectivity index (χ0) is 17.4. The van der Waals surface area contributed by atoms with Gasteiger partial charge in [-0.05, 0) is 38.4 Å². The van der Waals surface area contributed by atoms with E-state index in [0.29, 0.717) is 11.6 Å². The number of nitro benzene ring substituents is 1. The molecule has 0 amide bonds. The van der Waals surface area contributed by atoms with Gasteiger partial charge in [0.25, 0.3) is 5.69 Å². The summed E-state index contributed by atoms with van der Waals surface area (Å²) in [5.41, 5.74) is 2.98. The van der Waals surface area contributed by atoms with E-state index in [9.17, 15) is 10.1 Å². The third kappa shape index (κ3) is 2.78. The molecule has 2 aliphatic heterocycles. The van der Waals surface area contributed by atoms with Crippen molar-refractivity contribution >= 4 is 11.5 Å². The van der Waals surface area contributed by atoms with E-state index < -0.39 is 0 Å². The minimum Gasteiger partial charge on any atom is -0.369 e. The lowest BCUT2D eigenvalue weighted by molar-refractivity contribution is -0.384. The summed E-state index contributed by atoms with van der Waals surface area (Å²) in [5, 5.41) is 19.7. The number of rotatable bonds is 4. The van der Waals surface area contributed by atoms with Crippen LogP contribution in [0.5, 0.6) is 0 Å². The Morgan fingerprint density at radius 1 is 1.40 bits per heavy atom. The summed E-state index contributed by atoms with van der Waals surface area (Å²) in [6.07, 6.45) is 3.25. The second-order valence-electron chi connectivity index (χ2n) is 6.78. The zero-order valence-corrected chi connectivity index (χ0v) is 14.4. The van der Waals surface area contributed by atoms with Gasteiger partial charge in [-0.3, -0.25) is 10.1 Å². The maximum atomic E-state index is 11.4. The molecule has 1 fully saturated rings. The van der Waals surface area contributed by atoms with Crippen LogP contribution in [0, 0.1) is 10.1 Å². The zero-order valence-electron chi connectivity index (χ0n) is 14.4. The first-order chi connectivity index (χ1) is 12.2. The van der Waals surface area contributed by atoms with Crippen molar-refractivity contribution < 1.29 is 4.92 Å². The monoisotopic (exact) mass is 341 g/mol. The van der Waals surface area contributed by atoms with Crippen LogP contribution in [0.15, 0.2) is 24.3 Å². The SMILES string of the molecule is CCN1CCCC(c2nn(-c3ccccc3[N+](=O)[O-])c3c2CCN3)C1. The number of anilines is 1. The number of fused-ring (bicyclic) bond motifs is 1. The van der Waals surface area contributed by atoms with Gasteiger partial charge in [0.1, 0.15) is 11.5 Å². The van der Waals surface area contributed by atoms with Gasteiger partial charge in [0.05, 0.1) is 10.6 Å². The molecule has 1 saturated heterocycles. The summed E-state index contributed by atoms with van der Waals surface area (Å²) < 4.78 is 1.75. The summed E-state index contributed by atoms with van der Waals surface area (Å²) in [4.78, 5) is 13.6. The van der Waals surface area contributed by atoms with E-state index in [1.807, 2.05) is 6.07 Å². The fourth-order valence-electron chi connectivity index (χ4n) is 4.07. The van der Waals surface area contributed by atoms with Crippen molar-refractivity contribution in [3.63, 3.8) is 0 Å². The maximum Gasteiger partial charge on any atom is 0.294 e. The Hall–Kier alpha value is -2.41. The summed E-state index contributed by atoms with van der Waals surface area (Å²) >= 11 is 0. The predicted octanol–water partition coefficient (Wildman–Crippen LogP) is 2.95. The molecule has 1 aromatic heterocycles. The molecule has 3 heterocycles. The molecule has 7 nitrogen and oxygen atoms in total. The number of likely N-dealkylation sites (tertiary alicyclic amines) is 1. The van der Waals surface area contributed by atoms with E-state index in [2.05, 4.69) is 17.1 Å². The Morgan fingerprint density at radius 3 is 3.04 bits per heavy atom. The number of aromatic nitrogens is 2. The summed E-state index contributed by atoms with van der Waals surface area (Å²) in [5.74, 6) is 1.34. The van der Waals surface area contributed by atoms with Crippen molar-refractivity contribution in [2.45, 2.75) is 32.1 Å². The summed E-state index contributed by atoms with van der Waals surface area (Å²) in [6, 6.07) is 6.83. The van der Waals surface area contributed by atoms with Gasteiger partial charge >= 0.3 is 0 Å². The Labute approximate surface area is 146 Å². The maximum absolute atomic E-state index is 11.4. The summed E-state index contributed by atoms with van der Waals surface area (Å²) in [7, 11) is 0. The molecule has 2 aliphatic rings. The first-order valence-corrected chi connectivity index (χ1v) is 9.00. The van der Waals surface area contributed by atoms with Gasteiger partial charge in [-0.15, -0.1) is 0 Å². The lowest BCUT2D eigenvalue weighted by Crippen LogP contribution is -2.34. The van der Waals surface area contributed by atoms with Crippen LogP contribution >= 0.6 is 0 Å². The molecule has 1 aromatic carbocycles. The van der Waals surface area contributed by atoms with E-state index in [0.717, 1.165) is 50.5 Å². The average molecular weight is 341 g/mol. The van der Waals surface area contributed by atoms with E-state index >= 15 is 0 Å². The Morgan fingerprint density at radius 2 is 2.24 bits per heavy atom. The van der Waals surface area contributed by atoms with Crippen LogP contribution in [0.1, 0.15) is 36.9 Å². The highest BCUT2D eigenvalue weighted by atomic mass is 16.6. The standard InChI is InChI=1S/C18H23N5O2/c1-2-21-11-5-6-13(12-21)17-14-9-10-19-18(14)22(20-17)15-7-3-4-8-16(15)23(24)25/h3-4,7-8,13,19H,2,5-6,9-12H2,1H3. The van der Waals surface area contributed by atoms with Gasteiger partial charge in [0, 0.05) is 30.6 Å². The second kappa shape index (κ2) is 6.48. The number of benzene rings is 1. The quantitative estimate of drug-likeness (QED) is 0.683. The number of nitrogens with zero attached hydrogens (tertiary/aromatic N) is 4. The molecule has 132 valence electrons. The minimum absolute atomic E-state index is 0.0897. The van der Waals surface area contributed by atoms with Crippen LogP contribution in [-0.4, -0.2) is 45.8 Å². The minimum atomic E-state index is -0.336. The number of hydrogen-bond donors (Lipinski definition) is 1. The van der Waals surface area contributed by atoms with Crippen molar-refractivity contribution in [1.82, 2.24) is 14.7 Å². The van der Waals surface area contributed by atoms with Crippen LogP contribution in [0.4, 0.5) is 11.5 Å². The van der Waals surface area contributed by atoms with Crippen molar-refractivity contribution in [3.05, 3.63) is 45.6 Å².